The molecule has 3 unspecified atom stereocenters. The van der Waals surface area contributed by atoms with E-state index in [9.17, 15) is 4.79 Å². The average molecular weight is 367 g/mol. The zero-order valence-electron chi connectivity index (χ0n) is 18.4. The monoisotopic (exact) mass is 366 g/mol. The predicted octanol–water partition coefficient (Wildman–Crippen LogP) is 7.72. The zero-order valence-corrected chi connectivity index (χ0v) is 18.4. The summed E-state index contributed by atoms with van der Waals surface area (Å²) in [6.07, 6.45) is 16.3. The van der Waals surface area contributed by atoms with E-state index in [4.69, 9.17) is 4.74 Å². The molecule has 26 heavy (non-hydrogen) atoms. The van der Waals surface area contributed by atoms with E-state index in [0.29, 0.717) is 24.0 Å². The Kier molecular flexibility index (Phi) is 15.9. The van der Waals surface area contributed by atoms with Crippen LogP contribution in [0.25, 0.3) is 0 Å². The Morgan fingerprint density at radius 3 is 1.77 bits per heavy atom. The van der Waals surface area contributed by atoms with Gasteiger partial charge in [-0.05, 0) is 31.1 Å². The van der Waals surface area contributed by atoms with Gasteiger partial charge >= 0.3 is 5.97 Å². The molecule has 0 aliphatic carbocycles. The van der Waals surface area contributed by atoms with Crippen molar-refractivity contribution in [3.05, 3.63) is 12.2 Å². The van der Waals surface area contributed by atoms with E-state index in [1.165, 1.54) is 70.6 Å². The van der Waals surface area contributed by atoms with Crippen LogP contribution in [0.2, 0.25) is 0 Å². The molecule has 2 heteroatoms. The maximum atomic E-state index is 11.4. The van der Waals surface area contributed by atoms with Crippen molar-refractivity contribution in [1.29, 1.82) is 0 Å². The highest BCUT2D eigenvalue weighted by Crippen LogP contribution is 2.27. The number of unbranched alkanes of at least 4 members (excludes halogenated alkanes) is 9. The van der Waals surface area contributed by atoms with Gasteiger partial charge in [0.05, 0.1) is 6.61 Å². The quantitative estimate of drug-likeness (QED) is 0.150. The van der Waals surface area contributed by atoms with E-state index >= 15 is 0 Å². The molecule has 0 aromatic rings. The number of carbonyl (C=O) groups excluding carboxylic acids is 1. The third kappa shape index (κ3) is 13.4. The molecule has 0 bridgehead atoms. The highest BCUT2D eigenvalue weighted by Gasteiger charge is 2.19. The third-order valence-electron chi connectivity index (χ3n) is 5.96. The number of carbonyl (C=O) groups is 1. The van der Waals surface area contributed by atoms with Crippen molar-refractivity contribution < 1.29 is 9.53 Å². The van der Waals surface area contributed by atoms with E-state index in [0.717, 1.165) is 12.3 Å². The summed E-state index contributed by atoms with van der Waals surface area (Å²) in [5.74, 6) is 1.75. The first-order valence-electron chi connectivity index (χ1n) is 11.2. The van der Waals surface area contributed by atoms with E-state index < -0.39 is 0 Å². The Labute approximate surface area is 164 Å². The van der Waals surface area contributed by atoms with Gasteiger partial charge in [-0.15, -0.1) is 0 Å². The predicted molar refractivity (Wildman–Crippen MR) is 114 cm³/mol. The Hall–Kier alpha value is -0.790. The summed E-state index contributed by atoms with van der Waals surface area (Å²) in [6.45, 7) is 15.1. The van der Waals surface area contributed by atoms with Crippen molar-refractivity contribution in [2.45, 2.75) is 112 Å². The summed E-state index contributed by atoms with van der Waals surface area (Å²) in [6, 6.07) is 0. The Balaban J connectivity index is 3.64. The molecule has 0 aromatic carbocycles. The summed E-state index contributed by atoms with van der Waals surface area (Å²) >= 11 is 0. The molecule has 3 atom stereocenters. The molecule has 154 valence electrons. The molecular formula is C24H46O2. The smallest absolute Gasteiger partial charge is 0.333 e. The first-order valence-corrected chi connectivity index (χ1v) is 11.2. The van der Waals surface area contributed by atoms with Gasteiger partial charge in [-0.3, -0.25) is 0 Å². The van der Waals surface area contributed by atoms with Crippen molar-refractivity contribution in [2.75, 3.05) is 6.61 Å². The number of rotatable bonds is 17. The fourth-order valence-electron chi connectivity index (χ4n) is 3.50. The minimum atomic E-state index is -0.261. The topological polar surface area (TPSA) is 26.3 Å². The molecule has 2 nitrogen and oxygen atoms in total. The van der Waals surface area contributed by atoms with E-state index in [2.05, 4.69) is 34.3 Å². The second-order valence-electron chi connectivity index (χ2n) is 8.49. The third-order valence-corrected chi connectivity index (χ3v) is 5.96. The number of ether oxygens (including phenoxy) is 1. The van der Waals surface area contributed by atoms with E-state index in [1.807, 2.05) is 0 Å². The molecule has 0 spiro atoms. The SMILES string of the molecule is C=C(C)C(=O)OCCC(C)C(C)C(C)CCCCCCCCCCCC. The fourth-order valence-corrected chi connectivity index (χ4v) is 3.50. The lowest BCUT2D eigenvalue weighted by atomic mass is 9.81. The normalized spacial score (nSPS) is 14.7. The van der Waals surface area contributed by atoms with Crippen molar-refractivity contribution in [1.82, 2.24) is 0 Å². The van der Waals surface area contributed by atoms with Crippen LogP contribution in [0.5, 0.6) is 0 Å². The molecule has 0 fully saturated rings. The lowest BCUT2D eigenvalue weighted by Crippen LogP contribution is -2.19. The van der Waals surface area contributed by atoms with Crippen molar-refractivity contribution in [2.24, 2.45) is 17.8 Å². The van der Waals surface area contributed by atoms with Crippen LogP contribution >= 0.6 is 0 Å². The Bertz CT molecular complexity index is 361. The Morgan fingerprint density at radius 2 is 1.27 bits per heavy atom. The molecule has 0 N–H and O–H groups in total. The van der Waals surface area contributed by atoms with Gasteiger partial charge in [-0.1, -0.05) is 105 Å². The molecule has 0 saturated heterocycles. The number of hydrogen-bond donors (Lipinski definition) is 0. The summed E-state index contributed by atoms with van der Waals surface area (Å²) < 4.78 is 5.23. The van der Waals surface area contributed by atoms with Gasteiger partial charge in [0.15, 0.2) is 0 Å². The molecule has 0 aromatic heterocycles. The van der Waals surface area contributed by atoms with Gasteiger partial charge in [0.2, 0.25) is 0 Å². The largest absolute Gasteiger partial charge is 0.462 e. The van der Waals surface area contributed by atoms with Gasteiger partial charge in [0.25, 0.3) is 0 Å². The van der Waals surface area contributed by atoms with Crippen LogP contribution in [0.3, 0.4) is 0 Å². The second-order valence-corrected chi connectivity index (χ2v) is 8.49. The van der Waals surface area contributed by atoms with Crippen molar-refractivity contribution >= 4 is 5.97 Å². The maximum absolute atomic E-state index is 11.4. The van der Waals surface area contributed by atoms with Crippen LogP contribution < -0.4 is 0 Å². The van der Waals surface area contributed by atoms with Crippen LogP contribution in [0.1, 0.15) is 112 Å². The van der Waals surface area contributed by atoms with Crippen LogP contribution in [0.4, 0.5) is 0 Å². The minimum absolute atomic E-state index is 0.261. The molecule has 0 heterocycles. The molecule has 0 amide bonds. The zero-order chi connectivity index (χ0) is 19.8. The first kappa shape index (κ1) is 25.2. The lowest BCUT2D eigenvalue weighted by Gasteiger charge is -2.26. The van der Waals surface area contributed by atoms with Crippen LogP contribution in [-0.2, 0) is 9.53 Å². The minimum Gasteiger partial charge on any atom is -0.462 e. The highest BCUT2D eigenvalue weighted by atomic mass is 16.5. The second kappa shape index (κ2) is 16.4. The van der Waals surface area contributed by atoms with Gasteiger partial charge in [-0.25, -0.2) is 4.79 Å². The summed E-state index contributed by atoms with van der Waals surface area (Å²) in [5.41, 5.74) is 0.486. The molecule has 0 saturated carbocycles. The fraction of sp³-hybridized carbons (Fsp3) is 0.875. The molecular weight excluding hydrogens is 320 g/mol. The average Bonchev–Trinajstić information content (AvgIpc) is 2.61. The standard InChI is InChI=1S/C24H46O2/c1-7-8-9-10-11-12-13-14-15-16-17-21(4)23(6)22(5)18-19-26-24(25)20(2)3/h21-23H,2,7-19H2,1,3-6H3. The number of esters is 1. The summed E-state index contributed by atoms with van der Waals surface area (Å²) in [5, 5.41) is 0. The summed E-state index contributed by atoms with van der Waals surface area (Å²) in [4.78, 5) is 11.4. The molecule has 0 aliphatic rings. The summed E-state index contributed by atoms with van der Waals surface area (Å²) in [7, 11) is 0. The first-order chi connectivity index (χ1) is 12.4. The van der Waals surface area contributed by atoms with Gasteiger partial charge in [0, 0.05) is 5.57 Å². The van der Waals surface area contributed by atoms with E-state index in [1.54, 1.807) is 6.92 Å². The van der Waals surface area contributed by atoms with Gasteiger partial charge in [-0.2, -0.15) is 0 Å². The van der Waals surface area contributed by atoms with Gasteiger partial charge < -0.3 is 4.74 Å². The highest BCUT2D eigenvalue weighted by molar-refractivity contribution is 5.86. The van der Waals surface area contributed by atoms with Crippen LogP contribution in [0.15, 0.2) is 12.2 Å². The van der Waals surface area contributed by atoms with Crippen LogP contribution in [-0.4, -0.2) is 12.6 Å². The molecule has 0 radical (unpaired) electrons. The van der Waals surface area contributed by atoms with Crippen molar-refractivity contribution in [3.63, 3.8) is 0 Å². The Morgan fingerprint density at radius 1 is 0.808 bits per heavy atom. The van der Waals surface area contributed by atoms with Crippen LogP contribution in [0, 0.1) is 17.8 Å². The maximum Gasteiger partial charge on any atom is 0.333 e. The molecule has 0 rings (SSSR count). The molecule has 0 aliphatic heterocycles. The van der Waals surface area contributed by atoms with Crippen molar-refractivity contribution in [3.8, 4) is 0 Å². The van der Waals surface area contributed by atoms with Gasteiger partial charge in [0.1, 0.15) is 0 Å². The van der Waals surface area contributed by atoms with E-state index in [-0.39, 0.29) is 5.97 Å². The lowest BCUT2D eigenvalue weighted by molar-refractivity contribution is -0.139. The number of hydrogen-bond acceptors (Lipinski definition) is 2.